The predicted molar refractivity (Wildman–Crippen MR) is 133 cm³/mol. The maximum atomic E-state index is 12.8. The number of anilines is 1. The molecule has 3 rings (SSSR count). The highest BCUT2D eigenvalue weighted by atomic mass is 35.5. The van der Waals surface area contributed by atoms with E-state index in [4.69, 9.17) is 0 Å². The molecule has 0 aliphatic rings. The SMILES string of the molecule is CCc1c(C)nc(-n2nc(C)cc2NC(=O)c2ccc(S(=O)(=O)N(CC)CC)cc2)[nH]c1=O.Cl. The Balaban J connectivity index is 0.00000408. The molecule has 34 heavy (non-hydrogen) atoms. The van der Waals surface area contributed by atoms with Crippen molar-refractivity contribution >= 4 is 34.2 Å². The molecule has 0 spiro atoms. The van der Waals surface area contributed by atoms with Crippen molar-refractivity contribution in [1.82, 2.24) is 24.1 Å². The minimum absolute atomic E-state index is 0. The van der Waals surface area contributed by atoms with Gasteiger partial charge in [-0.05, 0) is 44.5 Å². The first-order valence-corrected chi connectivity index (χ1v) is 12.1. The number of aryl methyl sites for hydroxylation is 2. The summed E-state index contributed by atoms with van der Waals surface area (Å²) in [7, 11) is -3.61. The van der Waals surface area contributed by atoms with Crippen LogP contribution in [0.5, 0.6) is 0 Å². The van der Waals surface area contributed by atoms with Gasteiger partial charge in [0.15, 0.2) is 0 Å². The Hall–Kier alpha value is -3.02. The largest absolute Gasteiger partial charge is 0.306 e. The molecule has 12 heteroatoms. The molecule has 10 nitrogen and oxygen atoms in total. The van der Waals surface area contributed by atoms with Gasteiger partial charge >= 0.3 is 0 Å². The first kappa shape index (κ1) is 27.2. The van der Waals surface area contributed by atoms with E-state index < -0.39 is 15.9 Å². The summed E-state index contributed by atoms with van der Waals surface area (Å²) in [5.74, 6) is 0.0649. The summed E-state index contributed by atoms with van der Waals surface area (Å²) in [5.41, 5.74) is 1.82. The van der Waals surface area contributed by atoms with E-state index in [1.807, 2.05) is 6.92 Å². The van der Waals surface area contributed by atoms with Crippen molar-refractivity contribution in [3.8, 4) is 5.95 Å². The molecule has 1 aromatic carbocycles. The Kier molecular flexibility index (Phi) is 8.76. The molecule has 0 atom stereocenters. The number of nitrogens with zero attached hydrogens (tertiary/aromatic N) is 4. The predicted octanol–water partition coefficient (Wildman–Crippen LogP) is 2.84. The Morgan fingerprint density at radius 1 is 1.12 bits per heavy atom. The highest BCUT2D eigenvalue weighted by Crippen LogP contribution is 2.19. The zero-order valence-corrected chi connectivity index (χ0v) is 21.4. The van der Waals surface area contributed by atoms with E-state index in [1.54, 1.807) is 33.8 Å². The van der Waals surface area contributed by atoms with Crippen LogP contribution in [0.1, 0.15) is 48.1 Å². The number of carbonyl (C=O) groups is 1. The second-order valence-electron chi connectivity index (χ2n) is 7.46. The third kappa shape index (κ3) is 5.37. The first-order chi connectivity index (χ1) is 15.6. The minimum atomic E-state index is -3.61. The maximum absolute atomic E-state index is 12.8. The van der Waals surface area contributed by atoms with Crippen molar-refractivity contribution in [2.45, 2.75) is 45.9 Å². The molecule has 0 aliphatic carbocycles. The average molecular weight is 509 g/mol. The second kappa shape index (κ2) is 10.9. The van der Waals surface area contributed by atoms with Gasteiger partial charge in [0.2, 0.25) is 16.0 Å². The fourth-order valence-electron chi connectivity index (χ4n) is 3.54. The smallest absolute Gasteiger partial charge is 0.256 e. The molecule has 184 valence electrons. The Bertz CT molecular complexity index is 1330. The van der Waals surface area contributed by atoms with Crippen LogP contribution in [0.15, 0.2) is 40.0 Å². The van der Waals surface area contributed by atoms with Crippen LogP contribution in [-0.4, -0.2) is 51.5 Å². The number of benzene rings is 1. The molecular weight excluding hydrogens is 480 g/mol. The van der Waals surface area contributed by atoms with Gasteiger partial charge < -0.3 is 5.32 Å². The Morgan fingerprint density at radius 3 is 2.26 bits per heavy atom. The number of sulfonamides is 1. The molecule has 3 aromatic rings. The van der Waals surface area contributed by atoms with Gasteiger partial charge in [-0.15, -0.1) is 12.4 Å². The van der Waals surface area contributed by atoms with Crippen molar-refractivity contribution in [3.05, 3.63) is 63.2 Å². The highest BCUT2D eigenvalue weighted by molar-refractivity contribution is 7.89. The van der Waals surface area contributed by atoms with Crippen LogP contribution >= 0.6 is 12.4 Å². The Morgan fingerprint density at radius 2 is 1.74 bits per heavy atom. The molecule has 0 fully saturated rings. The van der Waals surface area contributed by atoms with Crippen LogP contribution < -0.4 is 10.9 Å². The second-order valence-corrected chi connectivity index (χ2v) is 9.40. The van der Waals surface area contributed by atoms with E-state index in [2.05, 4.69) is 20.4 Å². The molecule has 0 aliphatic heterocycles. The van der Waals surface area contributed by atoms with Crippen molar-refractivity contribution in [2.24, 2.45) is 0 Å². The van der Waals surface area contributed by atoms with Crippen molar-refractivity contribution in [1.29, 1.82) is 0 Å². The normalized spacial score (nSPS) is 11.4. The summed E-state index contributed by atoms with van der Waals surface area (Å²) < 4.78 is 28.0. The van der Waals surface area contributed by atoms with Crippen LogP contribution in [0.2, 0.25) is 0 Å². The number of carbonyl (C=O) groups excluding carboxylic acids is 1. The number of amides is 1. The fraction of sp³-hybridized carbons (Fsp3) is 0.364. The number of aromatic amines is 1. The van der Waals surface area contributed by atoms with Crippen molar-refractivity contribution in [2.75, 3.05) is 18.4 Å². The van der Waals surface area contributed by atoms with Gasteiger partial charge in [0.1, 0.15) is 5.82 Å². The summed E-state index contributed by atoms with van der Waals surface area (Å²) in [6, 6.07) is 7.40. The molecule has 0 saturated heterocycles. The van der Waals surface area contributed by atoms with Crippen LogP contribution in [0.3, 0.4) is 0 Å². The monoisotopic (exact) mass is 508 g/mol. The van der Waals surface area contributed by atoms with Crippen LogP contribution in [0.4, 0.5) is 5.82 Å². The van der Waals surface area contributed by atoms with Gasteiger partial charge in [-0.25, -0.2) is 13.4 Å². The fourth-order valence-corrected chi connectivity index (χ4v) is 5.00. The number of aromatic nitrogens is 4. The van der Waals surface area contributed by atoms with Gasteiger partial charge in [0, 0.05) is 36.0 Å². The summed E-state index contributed by atoms with van der Waals surface area (Å²) >= 11 is 0. The first-order valence-electron chi connectivity index (χ1n) is 10.7. The van der Waals surface area contributed by atoms with Crippen molar-refractivity contribution in [3.63, 3.8) is 0 Å². The summed E-state index contributed by atoms with van der Waals surface area (Å²) in [6.07, 6.45) is 0.552. The molecule has 1 amide bonds. The van der Waals surface area contributed by atoms with Gasteiger partial charge in [0.25, 0.3) is 11.5 Å². The number of rotatable bonds is 8. The van der Waals surface area contributed by atoms with E-state index in [0.717, 1.165) is 0 Å². The van der Waals surface area contributed by atoms with E-state index in [-0.39, 0.29) is 34.4 Å². The Labute approximate surface area is 204 Å². The lowest BCUT2D eigenvalue weighted by Crippen LogP contribution is -2.30. The number of nitrogens with one attached hydrogen (secondary N) is 2. The summed E-state index contributed by atoms with van der Waals surface area (Å²) in [5, 5.41) is 7.09. The van der Waals surface area contributed by atoms with E-state index in [9.17, 15) is 18.0 Å². The lowest BCUT2D eigenvalue weighted by Gasteiger charge is -2.18. The lowest BCUT2D eigenvalue weighted by molar-refractivity contribution is 0.102. The van der Waals surface area contributed by atoms with E-state index >= 15 is 0 Å². The molecule has 0 bridgehead atoms. The molecule has 0 radical (unpaired) electrons. The number of hydrogen-bond donors (Lipinski definition) is 2. The van der Waals surface area contributed by atoms with E-state index in [1.165, 1.54) is 33.3 Å². The standard InChI is InChI=1S/C22H28N6O4S.ClH/c1-6-18-15(5)23-22(25-21(18)30)28-19(13-14(4)26-28)24-20(29)16-9-11-17(12-10-16)33(31,32)27(7-2)8-3;/h9-13H,6-8H2,1-5H3,(H,24,29)(H,23,25,30);1H. The molecular formula is C22H29ClN6O4S. The highest BCUT2D eigenvalue weighted by Gasteiger charge is 2.22. The molecule has 0 saturated carbocycles. The quantitative estimate of drug-likeness (QED) is 0.481. The average Bonchev–Trinajstić information content (AvgIpc) is 3.14. The van der Waals surface area contributed by atoms with Crippen molar-refractivity contribution < 1.29 is 13.2 Å². The lowest BCUT2D eigenvalue weighted by atomic mass is 10.2. The van der Waals surface area contributed by atoms with Gasteiger partial charge in [-0.3, -0.25) is 14.6 Å². The summed E-state index contributed by atoms with van der Waals surface area (Å²) in [4.78, 5) is 32.5. The van der Waals surface area contributed by atoms with Crippen LogP contribution in [-0.2, 0) is 16.4 Å². The molecule has 2 heterocycles. The number of halogens is 1. The topological polar surface area (TPSA) is 130 Å². The van der Waals surface area contributed by atoms with Gasteiger partial charge in [-0.2, -0.15) is 14.1 Å². The molecule has 0 unspecified atom stereocenters. The number of H-pyrrole nitrogens is 1. The van der Waals surface area contributed by atoms with E-state index in [0.29, 0.717) is 42.3 Å². The molecule has 2 aromatic heterocycles. The number of hydrogen-bond acceptors (Lipinski definition) is 6. The van der Waals surface area contributed by atoms with Crippen LogP contribution in [0.25, 0.3) is 5.95 Å². The van der Waals surface area contributed by atoms with Gasteiger partial charge in [-0.1, -0.05) is 20.8 Å². The molecule has 2 N–H and O–H groups in total. The van der Waals surface area contributed by atoms with Crippen LogP contribution in [0, 0.1) is 13.8 Å². The maximum Gasteiger partial charge on any atom is 0.256 e. The zero-order valence-electron chi connectivity index (χ0n) is 19.7. The summed E-state index contributed by atoms with van der Waals surface area (Å²) in [6.45, 7) is 9.64. The zero-order chi connectivity index (χ0) is 24.3. The minimum Gasteiger partial charge on any atom is -0.306 e. The third-order valence-corrected chi connectivity index (χ3v) is 7.36. The van der Waals surface area contributed by atoms with Gasteiger partial charge in [0.05, 0.1) is 10.6 Å². The third-order valence-electron chi connectivity index (χ3n) is 5.30.